The second-order valence-electron chi connectivity index (χ2n) is 2.98. The van der Waals surface area contributed by atoms with Crippen molar-refractivity contribution in [3.8, 4) is 0 Å². The Morgan fingerprint density at radius 1 is 1.11 bits per heavy atom. The molecule has 0 N–H and O–H groups in total. The maximum absolute atomic E-state index is 12.3. The summed E-state index contributed by atoms with van der Waals surface area (Å²) in [5.41, 5.74) is -6.22. The van der Waals surface area contributed by atoms with Gasteiger partial charge in [0.25, 0.3) is 9.84 Å². The van der Waals surface area contributed by atoms with Crippen molar-refractivity contribution in [2.75, 3.05) is 0 Å². The second-order valence-corrected chi connectivity index (χ2v) is 6.91. The quantitative estimate of drug-likeness (QED) is 0.711. The van der Waals surface area contributed by atoms with Gasteiger partial charge in [-0.25, -0.2) is 8.42 Å². The van der Waals surface area contributed by atoms with E-state index in [1.165, 1.54) is 12.1 Å². The van der Waals surface area contributed by atoms with Crippen LogP contribution in [0.4, 0.5) is 13.2 Å². The van der Waals surface area contributed by atoms with Crippen LogP contribution in [0.1, 0.15) is 5.56 Å². The largest absolute Gasteiger partial charge is 0.502 e. The Balaban J connectivity index is 3.61. The molecule has 0 fully saturated rings. The first-order chi connectivity index (χ1) is 8.07. The van der Waals surface area contributed by atoms with Crippen molar-refractivity contribution in [3.63, 3.8) is 0 Å². The first-order valence-corrected chi connectivity index (χ1v) is 7.46. The van der Waals surface area contributed by atoms with Crippen LogP contribution in [0.15, 0.2) is 28.7 Å². The van der Waals surface area contributed by atoms with E-state index in [4.69, 9.17) is 0 Å². The van der Waals surface area contributed by atoms with Gasteiger partial charge in [0.1, 0.15) is 0 Å². The lowest BCUT2D eigenvalue weighted by atomic mass is 10.2. The summed E-state index contributed by atoms with van der Waals surface area (Å²) in [5, 5.41) is 0. The fraction of sp³-hybridized carbons (Fsp3) is 0.125. The zero-order valence-corrected chi connectivity index (χ0v) is 11.5. The summed E-state index contributed by atoms with van der Waals surface area (Å²) in [7, 11) is -9.45. The van der Waals surface area contributed by atoms with Crippen LogP contribution < -0.4 is 0 Å². The van der Waals surface area contributed by atoms with Crippen molar-refractivity contribution < 1.29 is 30.0 Å². The number of halogens is 4. The maximum atomic E-state index is 12.3. The van der Waals surface area contributed by atoms with Crippen LogP contribution in [-0.4, -0.2) is 26.5 Å². The molecule has 0 amide bonds. The van der Waals surface area contributed by atoms with Crippen LogP contribution >= 0.6 is 15.9 Å². The summed E-state index contributed by atoms with van der Waals surface area (Å²) < 4.78 is 79.4. The average molecular weight is 365 g/mol. The Hall–Kier alpha value is -0.870. The summed E-state index contributed by atoms with van der Waals surface area (Å²) in [6.45, 7) is 0. The molecule has 0 aromatic heterocycles. The van der Waals surface area contributed by atoms with E-state index in [9.17, 15) is 30.0 Å². The third kappa shape index (κ3) is 2.93. The first kappa shape index (κ1) is 15.2. The molecule has 0 radical (unpaired) electrons. The summed E-state index contributed by atoms with van der Waals surface area (Å²) >= 11 is 2.99. The average Bonchev–Trinajstić information content (AvgIpc) is 2.18. The van der Waals surface area contributed by atoms with Gasteiger partial charge in [0.05, 0.1) is 0 Å². The van der Waals surface area contributed by atoms with E-state index in [0.717, 1.165) is 12.1 Å². The highest BCUT2D eigenvalue weighted by molar-refractivity contribution is 9.10. The number of hydrogen-bond acceptors (Lipinski definition) is 4. The van der Waals surface area contributed by atoms with Crippen LogP contribution in [0.2, 0.25) is 0 Å². The number of rotatable bonds is 1. The topological polar surface area (TPSA) is 68.3 Å². The monoisotopic (exact) mass is 364 g/mol. The number of sulfone groups is 1. The molecule has 1 rings (SSSR count). The van der Waals surface area contributed by atoms with E-state index < -0.39 is 35.4 Å². The Bertz CT molecular complexity index is 679. The molecule has 1 aromatic carbocycles. The predicted octanol–water partition coefficient (Wildman–Crippen LogP) is 1.74. The lowest BCUT2D eigenvalue weighted by molar-refractivity contribution is -0.0416. The van der Waals surface area contributed by atoms with Gasteiger partial charge in [0.15, 0.2) is 0 Å². The van der Waals surface area contributed by atoms with E-state index in [1.54, 1.807) is 0 Å². The van der Waals surface area contributed by atoms with Crippen molar-refractivity contribution in [2.45, 2.75) is 5.51 Å². The molecule has 0 aliphatic heterocycles. The van der Waals surface area contributed by atoms with Crippen molar-refractivity contribution in [2.24, 2.45) is 0 Å². The zero-order chi connectivity index (χ0) is 14.1. The Morgan fingerprint density at radius 3 is 1.89 bits per heavy atom. The van der Waals surface area contributed by atoms with Gasteiger partial charge in [0.2, 0.25) is 14.5 Å². The highest BCUT2D eigenvalue weighted by Crippen LogP contribution is 2.27. The lowest BCUT2D eigenvalue weighted by Crippen LogP contribution is -2.31. The highest BCUT2D eigenvalue weighted by Gasteiger charge is 2.50. The molecule has 1 aromatic rings. The van der Waals surface area contributed by atoms with E-state index in [-0.39, 0.29) is 0 Å². The minimum atomic E-state index is -5.91. The van der Waals surface area contributed by atoms with Crippen LogP contribution in [0, 0.1) is 0 Å². The Kier molecular flexibility index (Phi) is 4.23. The van der Waals surface area contributed by atoms with Gasteiger partial charge in [-0.2, -0.15) is 21.6 Å². The van der Waals surface area contributed by atoms with Crippen molar-refractivity contribution in [1.82, 2.24) is 0 Å². The second kappa shape index (κ2) is 5.02. The Morgan fingerprint density at radius 2 is 1.56 bits per heavy atom. The number of hydrogen-bond donors (Lipinski definition) is 0. The molecule has 0 aliphatic rings. The standard InChI is InChI=1S/C8H4BrF3O4S2/c9-6-3-1-5(2-4-6)7(17(13)14)18(15,16)8(10,11)12/h1-4H. The predicted molar refractivity (Wildman–Crippen MR) is 62.1 cm³/mol. The van der Waals surface area contributed by atoms with Crippen LogP contribution in [0.3, 0.4) is 0 Å². The molecule has 0 atom stereocenters. The molecule has 0 bridgehead atoms. The van der Waals surface area contributed by atoms with Crippen LogP contribution in [0.5, 0.6) is 0 Å². The molecule has 0 unspecified atom stereocenters. The normalized spacial score (nSPS) is 12.2. The number of benzene rings is 1. The fourth-order valence-electron chi connectivity index (χ4n) is 1.03. The van der Waals surface area contributed by atoms with Gasteiger partial charge in [-0.15, -0.1) is 0 Å². The van der Waals surface area contributed by atoms with Gasteiger partial charge in [-0.1, -0.05) is 28.1 Å². The summed E-state index contributed by atoms with van der Waals surface area (Å²) in [5.74, 6) is 0. The highest BCUT2D eigenvalue weighted by atomic mass is 79.9. The number of alkyl halides is 3. The maximum Gasteiger partial charge on any atom is 0.502 e. The van der Waals surface area contributed by atoms with Gasteiger partial charge in [0, 0.05) is 10.0 Å². The molecule has 18 heavy (non-hydrogen) atoms. The summed E-state index contributed by atoms with van der Waals surface area (Å²) in [6, 6.07) is 4.37. The van der Waals surface area contributed by atoms with Gasteiger partial charge in [-0.05, 0) is 12.1 Å². The molecule has 4 nitrogen and oxygen atoms in total. The van der Waals surface area contributed by atoms with Crippen molar-refractivity contribution >= 4 is 40.3 Å². The smallest absolute Gasteiger partial charge is 0.213 e. The van der Waals surface area contributed by atoms with E-state index >= 15 is 0 Å². The van der Waals surface area contributed by atoms with Gasteiger partial charge >= 0.3 is 5.51 Å². The Labute approximate surface area is 110 Å². The van der Waals surface area contributed by atoms with Crippen molar-refractivity contribution in [3.05, 3.63) is 34.3 Å². The third-order valence-electron chi connectivity index (χ3n) is 1.78. The van der Waals surface area contributed by atoms with Gasteiger partial charge in [-0.3, -0.25) is 0 Å². The van der Waals surface area contributed by atoms with E-state index in [2.05, 4.69) is 15.9 Å². The third-order valence-corrected chi connectivity index (χ3v) is 5.25. The molecule has 10 heteroatoms. The zero-order valence-electron chi connectivity index (χ0n) is 8.27. The fourth-order valence-corrected chi connectivity index (χ4v) is 3.28. The summed E-state index contributed by atoms with van der Waals surface area (Å²) in [6.07, 6.45) is 0. The molecule has 0 saturated carbocycles. The lowest BCUT2D eigenvalue weighted by Gasteiger charge is -2.08. The molecular weight excluding hydrogens is 361 g/mol. The molecule has 100 valence electrons. The van der Waals surface area contributed by atoms with E-state index in [0.29, 0.717) is 4.47 Å². The molecule has 0 saturated heterocycles. The first-order valence-electron chi connectivity index (χ1n) is 4.11. The molecule has 0 heterocycles. The minimum absolute atomic E-state index is 0.465. The summed E-state index contributed by atoms with van der Waals surface area (Å²) in [4.78, 5) is 0. The van der Waals surface area contributed by atoms with Crippen LogP contribution in [0.25, 0.3) is 0 Å². The van der Waals surface area contributed by atoms with Crippen LogP contribution in [-0.2, 0) is 20.1 Å². The molecule has 0 spiro atoms. The SMILES string of the molecule is O=S(=O)=C(c1ccc(Br)cc1)S(=O)(=O)C(F)(F)F. The van der Waals surface area contributed by atoms with Gasteiger partial charge < -0.3 is 0 Å². The molecular formula is C8H4BrF3O4S2. The van der Waals surface area contributed by atoms with Crippen molar-refractivity contribution in [1.29, 1.82) is 0 Å². The van der Waals surface area contributed by atoms with E-state index in [1.807, 2.05) is 0 Å². The molecule has 0 aliphatic carbocycles. The minimum Gasteiger partial charge on any atom is -0.213 e.